The van der Waals surface area contributed by atoms with Crippen molar-refractivity contribution in [2.75, 3.05) is 50.1 Å². The van der Waals surface area contributed by atoms with E-state index in [1.807, 2.05) is 6.92 Å². The zero-order valence-electron chi connectivity index (χ0n) is 19.0. The number of amides is 1. The highest BCUT2D eigenvalue weighted by Gasteiger charge is 2.31. The molecule has 2 aromatic carbocycles. The zero-order valence-corrected chi connectivity index (χ0v) is 19.0. The molecular formula is C23H23F4N5O3. The average molecular weight is 493 g/mol. The molecule has 1 N–H and O–H groups in total. The molecule has 1 saturated heterocycles. The first-order valence-corrected chi connectivity index (χ1v) is 10.8. The molecule has 1 aromatic heterocycles. The Bertz CT molecular complexity index is 1230. The van der Waals surface area contributed by atoms with Crippen LogP contribution in [0.15, 0.2) is 36.4 Å². The number of benzene rings is 2. The third-order valence-electron chi connectivity index (χ3n) is 5.44. The van der Waals surface area contributed by atoms with Gasteiger partial charge in [0.2, 0.25) is 5.95 Å². The molecule has 1 fully saturated rings. The zero-order chi connectivity index (χ0) is 25.2. The molecule has 8 nitrogen and oxygen atoms in total. The largest absolute Gasteiger partial charge is 0.573 e. The van der Waals surface area contributed by atoms with Crippen LogP contribution in [0.2, 0.25) is 0 Å². The average Bonchev–Trinajstić information content (AvgIpc) is 2.78. The van der Waals surface area contributed by atoms with Crippen molar-refractivity contribution in [2.24, 2.45) is 0 Å². The number of carbonyl (C=O) groups is 1. The van der Waals surface area contributed by atoms with E-state index < -0.39 is 30.4 Å². The van der Waals surface area contributed by atoms with E-state index in [-0.39, 0.29) is 5.75 Å². The lowest BCUT2D eigenvalue weighted by Crippen LogP contribution is -2.45. The number of aromatic nitrogens is 2. The number of nitrogens with zero attached hydrogens (tertiary/aromatic N) is 4. The number of hydrogen-bond acceptors (Lipinski definition) is 7. The summed E-state index contributed by atoms with van der Waals surface area (Å²) in [5.74, 6) is -2.10. The summed E-state index contributed by atoms with van der Waals surface area (Å²) >= 11 is 0. The van der Waals surface area contributed by atoms with Crippen LogP contribution in [0.25, 0.3) is 10.9 Å². The Kier molecular flexibility index (Phi) is 6.92. The standard InChI is InChI=1S/C23H23F4N5O3/c1-14-17-11-15(3-5-19(17)30-22(28-14)32-9-7-31(2)8-10-32)29-21(33)13-34-20-6-4-16(12-18(20)24)35-23(25,26)27/h3-6,11-12H,7-10,13H2,1-2H3,(H,29,33). The molecule has 4 rings (SSSR count). The fourth-order valence-corrected chi connectivity index (χ4v) is 3.63. The molecule has 0 atom stereocenters. The Balaban J connectivity index is 1.39. The second-order valence-electron chi connectivity index (χ2n) is 8.11. The molecule has 186 valence electrons. The monoisotopic (exact) mass is 493 g/mol. The third-order valence-corrected chi connectivity index (χ3v) is 5.44. The van der Waals surface area contributed by atoms with Gasteiger partial charge in [0, 0.05) is 43.3 Å². The van der Waals surface area contributed by atoms with E-state index in [4.69, 9.17) is 4.74 Å². The molecule has 0 unspecified atom stereocenters. The molecule has 2 heterocycles. The van der Waals surface area contributed by atoms with Crippen molar-refractivity contribution in [1.82, 2.24) is 14.9 Å². The summed E-state index contributed by atoms with van der Waals surface area (Å²) in [7, 11) is 2.07. The number of hydrogen-bond donors (Lipinski definition) is 1. The van der Waals surface area contributed by atoms with E-state index in [2.05, 4.69) is 36.9 Å². The minimum absolute atomic E-state index is 0.381. The van der Waals surface area contributed by atoms with Gasteiger partial charge in [0.15, 0.2) is 18.2 Å². The van der Waals surface area contributed by atoms with Crippen LogP contribution in [0, 0.1) is 12.7 Å². The quantitative estimate of drug-likeness (QED) is 0.524. The lowest BCUT2D eigenvalue weighted by molar-refractivity contribution is -0.274. The molecular weight excluding hydrogens is 470 g/mol. The number of alkyl halides is 3. The summed E-state index contributed by atoms with van der Waals surface area (Å²) in [6.07, 6.45) is -4.94. The number of carbonyl (C=O) groups excluding carboxylic acids is 1. The lowest BCUT2D eigenvalue weighted by atomic mass is 10.1. The number of fused-ring (bicyclic) bond motifs is 1. The Morgan fingerprint density at radius 3 is 2.51 bits per heavy atom. The third kappa shape index (κ3) is 6.27. The van der Waals surface area contributed by atoms with E-state index in [1.54, 1.807) is 18.2 Å². The number of aryl methyl sites for hydroxylation is 1. The van der Waals surface area contributed by atoms with Crippen LogP contribution in [0.3, 0.4) is 0 Å². The topological polar surface area (TPSA) is 79.8 Å². The summed E-state index contributed by atoms with van der Waals surface area (Å²) in [5, 5.41) is 3.42. The molecule has 1 aliphatic heterocycles. The van der Waals surface area contributed by atoms with Crippen LogP contribution < -0.4 is 19.7 Å². The minimum atomic E-state index is -4.94. The van der Waals surface area contributed by atoms with E-state index in [1.165, 1.54) is 0 Å². The number of anilines is 2. The van der Waals surface area contributed by atoms with Gasteiger partial charge in [-0.15, -0.1) is 13.2 Å². The van der Waals surface area contributed by atoms with Gasteiger partial charge in [-0.05, 0) is 44.3 Å². The van der Waals surface area contributed by atoms with E-state index in [0.29, 0.717) is 17.7 Å². The van der Waals surface area contributed by atoms with Crippen LogP contribution in [0.4, 0.5) is 29.2 Å². The molecule has 12 heteroatoms. The Morgan fingerprint density at radius 1 is 1.09 bits per heavy atom. The number of rotatable bonds is 6. The SMILES string of the molecule is Cc1nc(N2CCN(C)CC2)nc2ccc(NC(=O)COc3ccc(OC(F)(F)F)cc3F)cc12. The van der Waals surface area contributed by atoms with Crippen molar-refractivity contribution in [1.29, 1.82) is 0 Å². The van der Waals surface area contributed by atoms with E-state index >= 15 is 0 Å². The van der Waals surface area contributed by atoms with Gasteiger partial charge in [-0.3, -0.25) is 4.79 Å². The van der Waals surface area contributed by atoms with Gasteiger partial charge in [-0.2, -0.15) is 0 Å². The number of halogens is 4. The van der Waals surface area contributed by atoms with Gasteiger partial charge in [0.05, 0.1) is 11.2 Å². The summed E-state index contributed by atoms with van der Waals surface area (Å²) in [6, 6.07) is 7.58. The van der Waals surface area contributed by atoms with Crippen molar-refractivity contribution in [3.63, 3.8) is 0 Å². The van der Waals surface area contributed by atoms with Gasteiger partial charge < -0.3 is 24.6 Å². The molecule has 1 amide bonds. The number of piperazine rings is 1. The Labute approximate surface area is 198 Å². The normalized spacial score (nSPS) is 14.7. The predicted molar refractivity (Wildman–Crippen MR) is 121 cm³/mol. The minimum Gasteiger partial charge on any atom is -0.481 e. The second-order valence-corrected chi connectivity index (χ2v) is 8.11. The highest BCUT2D eigenvalue weighted by molar-refractivity contribution is 5.95. The first-order valence-electron chi connectivity index (χ1n) is 10.8. The maximum atomic E-state index is 14.0. The highest BCUT2D eigenvalue weighted by Crippen LogP contribution is 2.28. The van der Waals surface area contributed by atoms with Crippen LogP contribution in [0.1, 0.15) is 5.69 Å². The van der Waals surface area contributed by atoms with Crippen molar-refractivity contribution >= 4 is 28.4 Å². The van der Waals surface area contributed by atoms with Crippen LogP contribution in [-0.2, 0) is 4.79 Å². The molecule has 0 saturated carbocycles. The summed E-state index contributed by atoms with van der Waals surface area (Å²) in [4.78, 5) is 25.9. The first-order chi connectivity index (χ1) is 16.6. The molecule has 0 bridgehead atoms. The summed E-state index contributed by atoms with van der Waals surface area (Å²) < 4.78 is 59.4. The van der Waals surface area contributed by atoms with Crippen LogP contribution in [0.5, 0.6) is 11.5 Å². The van der Waals surface area contributed by atoms with E-state index in [0.717, 1.165) is 54.9 Å². The number of ether oxygens (including phenoxy) is 2. The van der Waals surface area contributed by atoms with Crippen LogP contribution >= 0.6 is 0 Å². The molecule has 0 aliphatic carbocycles. The summed E-state index contributed by atoms with van der Waals surface area (Å²) in [5.41, 5.74) is 1.97. The fraction of sp³-hybridized carbons (Fsp3) is 0.348. The second kappa shape index (κ2) is 9.90. The predicted octanol–water partition coefficient (Wildman–Crippen LogP) is 3.75. The maximum Gasteiger partial charge on any atom is 0.573 e. The Hall–Kier alpha value is -3.67. The van der Waals surface area contributed by atoms with Crippen molar-refractivity contribution < 1.29 is 31.8 Å². The van der Waals surface area contributed by atoms with Crippen molar-refractivity contribution in [3.05, 3.63) is 47.9 Å². The number of likely N-dealkylation sites (N-methyl/N-ethyl adjacent to an activating group) is 1. The van der Waals surface area contributed by atoms with Gasteiger partial charge in [0.1, 0.15) is 5.75 Å². The molecule has 0 radical (unpaired) electrons. The molecule has 35 heavy (non-hydrogen) atoms. The summed E-state index contributed by atoms with van der Waals surface area (Å²) in [6.45, 7) is 4.87. The molecule has 1 aliphatic rings. The Morgan fingerprint density at radius 2 is 1.83 bits per heavy atom. The highest BCUT2D eigenvalue weighted by atomic mass is 19.4. The van der Waals surface area contributed by atoms with Gasteiger partial charge in [-0.25, -0.2) is 14.4 Å². The van der Waals surface area contributed by atoms with Crippen molar-refractivity contribution in [2.45, 2.75) is 13.3 Å². The van der Waals surface area contributed by atoms with Crippen molar-refractivity contribution in [3.8, 4) is 11.5 Å². The number of nitrogens with one attached hydrogen (secondary N) is 1. The van der Waals surface area contributed by atoms with Gasteiger partial charge in [0.25, 0.3) is 5.91 Å². The van der Waals surface area contributed by atoms with Crippen LogP contribution in [-0.4, -0.2) is 67.0 Å². The van der Waals surface area contributed by atoms with E-state index in [9.17, 15) is 22.4 Å². The smallest absolute Gasteiger partial charge is 0.481 e. The van der Waals surface area contributed by atoms with Gasteiger partial charge >= 0.3 is 6.36 Å². The van der Waals surface area contributed by atoms with Gasteiger partial charge in [-0.1, -0.05) is 0 Å². The molecule has 0 spiro atoms. The lowest BCUT2D eigenvalue weighted by Gasteiger charge is -2.32. The molecule has 3 aromatic rings. The maximum absolute atomic E-state index is 14.0. The first kappa shape index (κ1) is 24.5. The fourth-order valence-electron chi connectivity index (χ4n) is 3.63.